The maximum Gasteiger partial charge on any atom is 0.186 e. The highest BCUT2D eigenvalue weighted by Crippen LogP contribution is 2.63. The van der Waals surface area contributed by atoms with E-state index in [2.05, 4.69) is 20.8 Å². The maximum atomic E-state index is 11.4. The summed E-state index contributed by atoms with van der Waals surface area (Å²) in [4.78, 5) is 0. The Morgan fingerprint density at radius 2 is 1.68 bits per heavy atom. The van der Waals surface area contributed by atoms with Crippen LogP contribution in [0.4, 0.5) is 0 Å². The number of ether oxygens (including phenoxy) is 2. The van der Waals surface area contributed by atoms with Crippen LogP contribution in [0.25, 0.3) is 0 Å². The van der Waals surface area contributed by atoms with Gasteiger partial charge in [-0.15, -0.1) is 0 Å². The molecule has 2 saturated carbocycles. The average molecular weight is 487 g/mol. The van der Waals surface area contributed by atoms with E-state index in [4.69, 9.17) is 9.47 Å². The molecule has 0 unspecified atom stereocenters. The summed E-state index contributed by atoms with van der Waals surface area (Å²) in [5.74, 6) is 0.351. The van der Waals surface area contributed by atoms with E-state index in [0.717, 1.165) is 31.3 Å². The van der Waals surface area contributed by atoms with Gasteiger partial charge in [-0.05, 0) is 75.0 Å². The second-order valence-electron chi connectivity index (χ2n) is 12.0. The normalized spacial score (nSPS) is 47.3. The molecule has 6 N–H and O–H groups in total. The number of hydrogen-bond donors (Lipinski definition) is 6. The van der Waals surface area contributed by atoms with Crippen LogP contribution < -0.4 is 0 Å². The highest BCUT2D eigenvalue weighted by molar-refractivity contribution is 5.11. The molecule has 34 heavy (non-hydrogen) atoms. The molecule has 0 spiro atoms. The van der Waals surface area contributed by atoms with Gasteiger partial charge in [-0.3, -0.25) is 0 Å². The largest absolute Gasteiger partial charge is 0.394 e. The zero-order valence-corrected chi connectivity index (χ0v) is 21.4. The number of hydrogen-bond acceptors (Lipinski definition) is 8. The minimum absolute atomic E-state index is 0.0246. The molecule has 3 aliphatic rings. The Hall–Kier alpha value is -0.580. The average Bonchev–Trinajstić information content (AvgIpc) is 2.75. The second-order valence-corrected chi connectivity index (χ2v) is 12.0. The Morgan fingerprint density at radius 1 is 1.00 bits per heavy atom. The lowest BCUT2D eigenvalue weighted by Gasteiger charge is -2.63. The number of rotatable bonds is 7. The van der Waals surface area contributed by atoms with Crippen LogP contribution in [-0.2, 0) is 9.47 Å². The van der Waals surface area contributed by atoms with Gasteiger partial charge in [-0.2, -0.15) is 0 Å². The highest BCUT2D eigenvalue weighted by atomic mass is 16.7. The number of fused-ring (bicyclic) bond motifs is 1. The molecule has 0 aromatic rings. The Kier molecular flexibility index (Phi) is 8.58. The molecule has 0 aromatic heterocycles. The van der Waals surface area contributed by atoms with Crippen LogP contribution in [-0.4, -0.2) is 86.3 Å². The number of allylic oxidation sites excluding steroid dienone is 1. The molecule has 1 heterocycles. The summed E-state index contributed by atoms with van der Waals surface area (Å²) in [7, 11) is 0. The molecule has 0 aromatic carbocycles. The van der Waals surface area contributed by atoms with Crippen LogP contribution >= 0.6 is 0 Å². The van der Waals surface area contributed by atoms with E-state index >= 15 is 0 Å². The van der Waals surface area contributed by atoms with Crippen LogP contribution in [0.1, 0.15) is 73.1 Å². The van der Waals surface area contributed by atoms with Crippen molar-refractivity contribution in [2.75, 3.05) is 13.2 Å². The van der Waals surface area contributed by atoms with Gasteiger partial charge in [0.2, 0.25) is 0 Å². The Bertz CT molecular complexity index is 720. The molecule has 0 bridgehead atoms. The highest BCUT2D eigenvalue weighted by Gasteiger charge is 2.61. The first kappa shape index (κ1) is 28.0. The van der Waals surface area contributed by atoms with Crippen molar-refractivity contribution in [1.82, 2.24) is 0 Å². The predicted octanol–water partition coefficient (Wildman–Crippen LogP) is 1.49. The summed E-state index contributed by atoms with van der Waals surface area (Å²) in [6, 6.07) is 0. The molecule has 0 amide bonds. The molecule has 198 valence electrons. The lowest BCUT2D eigenvalue weighted by Crippen LogP contribution is -2.63. The van der Waals surface area contributed by atoms with Crippen molar-refractivity contribution in [1.29, 1.82) is 0 Å². The van der Waals surface area contributed by atoms with Gasteiger partial charge in [0.15, 0.2) is 6.29 Å². The minimum Gasteiger partial charge on any atom is -0.394 e. The summed E-state index contributed by atoms with van der Waals surface area (Å²) in [6.45, 7) is 10.1. The van der Waals surface area contributed by atoms with E-state index in [1.807, 2.05) is 19.9 Å². The fourth-order valence-corrected chi connectivity index (χ4v) is 7.36. The summed E-state index contributed by atoms with van der Waals surface area (Å²) >= 11 is 0. The quantitative estimate of drug-likeness (QED) is 0.235. The van der Waals surface area contributed by atoms with Crippen molar-refractivity contribution in [2.24, 2.45) is 22.7 Å². The van der Waals surface area contributed by atoms with Gasteiger partial charge in [-0.1, -0.05) is 32.4 Å². The fourth-order valence-electron chi connectivity index (χ4n) is 7.36. The van der Waals surface area contributed by atoms with Gasteiger partial charge in [0, 0.05) is 0 Å². The summed E-state index contributed by atoms with van der Waals surface area (Å²) in [5, 5.41) is 60.9. The molecule has 3 rings (SSSR count). The van der Waals surface area contributed by atoms with Crippen molar-refractivity contribution in [3.63, 3.8) is 0 Å². The van der Waals surface area contributed by atoms with Crippen LogP contribution in [0.5, 0.6) is 0 Å². The smallest absolute Gasteiger partial charge is 0.186 e. The SMILES string of the molecule is C/C(=C\CO)CC[C@@H]1[C@@]2(C)CC[C@@H](O[C@@H]3O[C@H](CO)[C@@H](O)[C@H](O)[C@H]3O)C(C)(C)[C@@H]2CC[C@@]1(C)O. The van der Waals surface area contributed by atoms with E-state index in [9.17, 15) is 30.6 Å². The van der Waals surface area contributed by atoms with Crippen LogP contribution in [0.3, 0.4) is 0 Å². The van der Waals surface area contributed by atoms with Gasteiger partial charge < -0.3 is 40.1 Å². The van der Waals surface area contributed by atoms with Gasteiger partial charge in [0.1, 0.15) is 24.4 Å². The first-order chi connectivity index (χ1) is 15.8. The van der Waals surface area contributed by atoms with Gasteiger partial charge in [-0.25, -0.2) is 0 Å². The lowest BCUT2D eigenvalue weighted by atomic mass is 9.44. The van der Waals surface area contributed by atoms with E-state index in [1.54, 1.807) is 0 Å². The summed E-state index contributed by atoms with van der Waals surface area (Å²) in [5.41, 5.74) is -0.0506. The molecule has 2 aliphatic carbocycles. The van der Waals surface area contributed by atoms with E-state index in [1.165, 1.54) is 0 Å². The molecule has 8 nitrogen and oxygen atoms in total. The van der Waals surface area contributed by atoms with Crippen LogP contribution in [0.15, 0.2) is 11.6 Å². The Labute approximate surface area is 203 Å². The predicted molar refractivity (Wildman–Crippen MR) is 127 cm³/mol. The third-order valence-electron chi connectivity index (χ3n) is 9.37. The topological polar surface area (TPSA) is 140 Å². The second kappa shape index (κ2) is 10.4. The lowest BCUT2D eigenvalue weighted by molar-refractivity contribution is -0.329. The van der Waals surface area contributed by atoms with E-state index < -0.39 is 42.9 Å². The number of aliphatic hydroxyl groups excluding tert-OH is 5. The first-order valence-electron chi connectivity index (χ1n) is 12.7. The molecule has 0 radical (unpaired) electrons. The van der Waals surface area contributed by atoms with Crippen LogP contribution in [0, 0.1) is 22.7 Å². The molecular weight excluding hydrogens is 440 g/mol. The Balaban J connectivity index is 1.80. The molecule has 8 heteroatoms. The molecule has 1 aliphatic heterocycles. The van der Waals surface area contributed by atoms with Crippen molar-refractivity contribution >= 4 is 0 Å². The molecule has 10 atom stereocenters. The standard InChI is InChI=1S/C26H46O8/c1-15(10-13-27)6-7-18-25(4)11-9-19(24(2,3)17(25)8-12-26(18,5)32)34-23-22(31)21(30)20(29)16(14-28)33-23/h10,16-23,27-32H,6-9,11-14H2,1-5H3/b15-10+/t16-,17+,18-,19-,20-,21+,22-,23+,25+,26-/m1/s1. The van der Waals surface area contributed by atoms with Gasteiger partial charge >= 0.3 is 0 Å². The Morgan fingerprint density at radius 3 is 2.29 bits per heavy atom. The summed E-state index contributed by atoms with van der Waals surface area (Å²) in [6.07, 6.45) is -0.0937. The zero-order valence-electron chi connectivity index (χ0n) is 21.4. The van der Waals surface area contributed by atoms with Crippen LogP contribution in [0.2, 0.25) is 0 Å². The van der Waals surface area contributed by atoms with E-state index in [-0.39, 0.29) is 35.4 Å². The molecule has 3 fully saturated rings. The van der Waals surface area contributed by atoms with E-state index in [0.29, 0.717) is 12.8 Å². The van der Waals surface area contributed by atoms with Crippen molar-refractivity contribution in [3.05, 3.63) is 11.6 Å². The third-order valence-corrected chi connectivity index (χ3v) is 9.37. The van der Waals surface area contributed by atoms with Crippen molar-refractivity contribution < 1.29 is 40.1 Å². The van der Waals surface area contributed by atoms with Gasteiger partial charge in [0.25, 0.3) is 0 Å². The fraction of sp³-hybridized carbons (Fsp3) is 0.923. The zero-order chi connectivity index (χ0) is 25.5. The monoisotopic (exact) mass is 486 g/mol. The minimum atomic E-state index is -1.46. The molecular formula is C26H46O8. The van der Waals surface area contributed by atoms with Gasteiger partial charge in [0.05, 0.1) is 24.9 Å². The number of aliphatic hydroxyl groups is 6. The maximum absolute atomic E-state index is 11.4. The third kappa shape index (κ3) is 5.11. The summed E-state index contributed by atoms with van der Waals surface area (Å²) < 4.78 is 11.9. The van der Waals surface area contributed by atoms with Crippen molar-refractivity contribution in [2.45, 2.75) is 116 Å². The molecule has 1 saturated heterocycles. The first-order valence-corrected chi connectivity index (χ1v) is 12.7. The van der Waals surface area contributed by atoms with Crippen molar-refractivity contribution in [3.8, 4) is 0 Å².